The molecule has 6 heteroatoms. The highest BCUT2D eigenvalue weighted by molar-refractivity contribution is 5.94. The zero-order chi connectivity index (χ0) is 13.4. The van der Waals surface area contributed by atoms with Crippen molar-refractivity contribution in [1.82, 2.24) is 9.97 Å². The lowest BCUT2D eigenvalue weighted by molar-refractivity contribution is -0.116. The van der Waals surface area contributed by atoms with E-state index in [1.807, 2.05) is 6.92 Å². The zero-order valence-corrected chi connectivity index (χ0v) is 11.1. The van der Waals surface area contributed by atoms with Crippen LogP contribution in [0.5, 0.6) is 0 Å². The predicted molar refractivity (Wildman–Crippen MR) is 74.2 cm³/mol. The first kappa shape index (κ1) is 12.2. The van der Waals surface area contributed by atoms with E-state index in [0.717, 1.165) is 31.5 Å². The molecule has 0 aromatic carbocycles. The van der Waals surface area contributed by atoms with E-state index < -0.39 is 0 Å². The third-order valence-corrected chi connectivity index (χ3v) is 3.84. The predicted octanol–water partition coefficient (Wildman–Crippen LogP) is 1.49. The smallest absolute Gasteiger partial charge is 0.229 e. The second-order valence-corrected chi connectivity index (χ2v) is 5.37. The van der Waals surface area contributed by atoms with E-state index in [0.29, 0.717) is 24.0 Å². The average Bonchev–Trinajstić information content (AvgIpc) is 2.38. The molecule has 3 rings (SSSR count). The summed E-state index contributed by atoms with van der Waals surface area (Å²) >= 11 is 0. The zero-order valence-electron chi connectivity index (χ0n) is 11.1. The van der Waals surface area contributed by atoms with Crippen molar-refractivity contribution in [3.05, 3.63) is 5.56 Å². The molecule has 2 aliphatic rings. The second-order valence-electron chi connectivity index (χ2n) is 5.37. The van der Waals surface area contributed by atoms with Crippen LogP contribution in [0.3, 0.4) is 0 Å². The molecule has 1 aromatic heterocycles. The van der Waals surface area contributed by atoms with Gasteiger partial charge >= 0.3 is 0 Å². The molecule has 3 heterocycles. The number of nitrogens with one attached hydrogen (secondary N) is 1. The van der Waals surface area contributed by atoms with Crippen LogP contribution in [0.15, 0.2) is 0 Å². The number of anilines is 3. The summed E-state index contributed by atoms with van der Waals surface area (Å²) in [6.45, 7) is 3.90. The van der Waals surface area contributed by atoms with E-state index in [4.69, 9.17) is 5.73 Å². The molecule has 2 aliphatic heterocycles. The molecule has 0 spiro atoms. The fourth-order valence-electron chi connectivity index (χ4n) is 2.85. The largest absolute Gasteiger partial charge is 0.383 e. The maximum Gasteiger partial charge on any atom is 0.229 e. The Morgan fingerprint density at radius 2 is 2.00 bits per heavy atom. The molecule has 1 unspecified atom stereocenters. The Kier molecular flexibility index (Phi) is 3.00. The Morgan fingerprint density at radius 3 is 2.74 bits per heavy atom. The number of nitrogens with zero attached hydrogens (tertiary/aromatic N) is 3. The molecule has 1 saturated heterocycles. The van der Waals surface area contributed by atoms with Crippen molar-refractivity contribution in [3.8, 4) is 0 Å². The fourth-order valence-corrected chi connectivity index (χ4v) is 2.85. The molecule has 0 saturated carbocycles. The molecule has 19 heavy (non-hydrogen) atoms. The van der Waals surface area contributed by atoms with Crippen LogP contribution in [0.2, 0.25) is 0 Å². The monoisotopic (exact) mass is 261 g/mol. The van der Waals surface area contributed by atoms with Gasteiger partial charge in [-0.3, -0.25) is 4.79 Å². The molecule has 0 radical (unpaired) electrons. The maximum atomic E-state index is 11.6. The van der Waals surface area contributed by atoms with E-state index in [1.54, 1.807) is 0 Å². The minimum atomic E-state index is 0.00249. The van der Waals surface area contributed by atoms with Crippen molar-refractivity contribution in [2.75, 3.05) is 29.0 Å². The molecule has 1 aromatic rings. The maximum absolute atomic E-state index is 11.6. The van der Waals surface area contributed by atoms with Gasteiger partial charge < -0.3 is 16.0 Å². The van der Waals surface area contributed by atoms with Gasteiger partial charge in [0.2, 0.25) is 11.9 Å². The van der Waals surface area contributed by atoms with E-state index in [1.165, 1.54) is 6.42 Å². The summed E-state index contributed by atoms with van der Waals surface area (Å²) in [4.78, 5) is 22.7. The molecular weight excluding hydrogens is 242 g/mol. The highest BCUT2D eigenvalue weighted by Crippen LogP contribution is 2.35. The number of amides is 1. The normalized spacial score (nSPS) is 22.9. The number of carbonyl (C=O) groups is 1. The van der Waals surface area contributed by atoms with Gasteiger partial charge in [-0.25, -0.2) is 0 Å². The van der Waals surface area contributed by atoms with E-state index in [9.17, 15) is 4.79 Å². The second kappa shape index (κ2) is 4.68. The standard InChI is InChI=1S/C13H19N5O/c1-8-7-9(19)15-12-10(8)11(14)16-13(17-12)18-5-3-2-4-6-18/h8H,2-7H2,1H3,(H3,14,15,16,17,19). The van der Waals surface area contributed by atoms with E-state index >= 15 is 0 Å². The lowest BCUT2D eigenvalue weighted by Gasteiger charge is -2.29. The summed E-state index contributed by atoms with van der Waals surface area (Å²) in [5.74, 6) is 1.82. The quantitative estimate of drug-likeness (QED) is 0.800. The number of nitrogen functional groups attached to an aromatic ring is 1. The first-order chi connectivity index (χ1) is 9.15. The molecule has 102 valence electrons. The summed E-state index contributed by atoms with van der Waals surface area (Å²) in [7, 11) is 0. The summed E-state index contributed by atoms with van der Waals surface area (Å²) in [5, 5.41) is 2.81. The number of hydrogen-bond acceptors (Lipinski definition) is 5. The van der Waals surface area contributed by atoms with Gasteiger partial charge in [0.15, 0.2) is 0 Å². The molecule has 1 atom stereocenters. The third-order valence-electron chi connectivity index (χ3n) is 3.84. The van der Waals surface area contributed by atoms with E-state index in [-0.39, 0.29) is 11.8 Å². The molecule has 0 aliphatic carbocycles. The van der Waals surface area contributed by atoms with Gasteiger partial charge in [0.05, 0.1) is 0 Å². The summed E-state index contributed by atoms with van der Waals surface area (Å²) in [6.07, 6.45) is 4.01. The number of fused-ring (bicyclic) bond motifs is 1. The molecule has 1 fully saturated rings. The minimum absolute atomic E-state index is 0.00249. The Bertz CT molecular complexity index is 510. The highest BCUT2D eigenvalue weighted by atomic mass is 16.1. The molecule has 6 nitrogen and oxygen atoms in total. The van der Waals surface area contributed by atoms with Gasteiger partial charge in [0, 0.05) is 25.1 Å². The average molecular weight is 261 g/mol. The van der Waals surface area contributed by atoms with Crippen LogP contribution in [-0.2, 0) is 4.79 Å². The van der Waals surface area contributed by atoms with Crippen LogP contribution in [0.4, 0.5) is 17.6 Å². The number of hydrogen-bond donors (Lipinski definition) is 2. The first-order valence-electron chi connectivity index (χ1n) is 6.87. The lowest BCUT2D eigenvalue weighted by atomic mass is 9.95. The SMILES string of the molecule is CC1CC(=O)Nc2nc(N3CCCCC3)nc(N)c21. The van der Waals surface area contributed by atoms with Gasteiger partial charge in [0.1, 0.15) is 11.6 Å². The van der Waals surface area contributed by atoms with Crippen molar-refractivity contribution in [2.24, 2.45) is 0 Å². The summed E-state index contributed by atoms with van der Waals surface area (Å²) in [6, 6.07) is 0. The van der Waals surface area contributed by atoms with Gasteiger partial charge in [-0.1, -0.05) is 6.92 Å². The van der Waals surface area contributed by atoms with Crippen molar-refractivity contribution in [1.29, 1.82) is 0 Å². The summed E-state index contributed by atoms with van der Waals surface area (Å²) < 4.78 is 0. The highest BCUT2D eigenvalue weighted by Gasteiger charge is 2.27. The van der Waals surface area contributed by atoms with Crippen LogP contribution in [-0.4, -0.2) is 29.0 Å². The number of carbonyl (C=O) groups excluding carboxylic acids is 1. The molecular formula is C13H19N5O. The minimum Gasteiger partial charge on any atom is -0.383 e. The Hall–Kier alpha value is -1.85. The van der Waals surface area contributed by atoms with Crippen molar-refractivity contribution in [3.63, 3.8) is 0 Å². The van der Waals surface area contributed by atoms with Crippen LogP contribution < -0.4 is 16.0 Å². The van der Waals surface area contributed by atoms with Crippen molar-refractivity contribution in [2.45, 2.75) is 38.5 Å². The van der Waals surface area contributed by atoms with Gasteiger partial charge in [0.25, 0.3) is 0 Å². The Labute approximate surface area is 112 Å². The van der Waals surface area contributed by atoms with Crippen molar-refractivity contribution >= 4 is 23.5 Å². The first-order valence-corrected chi connectivity index (χ1v) is 6.87. The number of rotatable bonds is 1. The Morgan fingerprint density at radius 1 is 1.26 bits per heavy atom. The fraction of sp³-hybridized carbons (Fsp3) is 0.615. The molecule has 0 bridgehead atoms. The summed E-state index contributed by atoms with van der Waals surface area (Å²) in [5.41, 5.74) is 6.93. The van der Waals surface area contributed by atoms with Gasteiger partial charge in [-0.15, -0.1) is 0 Å². The number of piperidine rings is 1. The van der Waals surface area contributed by atoms with Crippen LogP contribution in [0.1, 0.15) is 44.1 Å². The topological polar surface area (TPSA) is 84.1 Å². The van der Waals surface area contributed by atoms with Crippen molar-refractivity contribution < 1.29 is 4.79 Å². The van der Waals surface area contributed by atoms with Crippen LogP contribution in [0, 0.1) is 0 Å². The van der Waals surface area contributed by atoms with E-state index in [2.05, 4.69) is 20.2 Å². The van der Waals surface area contributed by atoms with Gasteiger partial charge in [-0.2, -0.15) is 9.97 Å². The number of aromatic nitrogens is 2. The van der Waals surface area contributed by atoms with Crippen LogP contribution >= 0.6 is 0 Å². The third kappa shape index (κ3) is 2.22. The molecule has 3 N–H and O–H groups in total. The number of nitrogens with two attached hydrogens (primary N) is 1. The molecule has 1 amide bonds. The lowest BCUT2D eigenvalue weighted by Crippen LogP contribution is -2.32. The van der Waals surface area contributed by atoms with Crippen LogP contribution in [0.25, 0.3) is 0 Å². The van der Waals surface area contributed by atoms with Gasteiger partial charge in [-0.05, 0) is 25.2 Å². The Balaban J connectivity index is 1.98.